The van der Waals surface area contributed by atoms with Gasteiger partial charge in [-0.3, -0.25) is 0 Å². The minimum atomic E-state index is 0.00919. The Morgan fingerprint density at radius 1 is 1.00 bits per heavy atom. The Kier molecular flexibility index (Phi) is 6.92. The van der Waals surface area contributed by atoms with Gasteiger partial charge >= 0.3 is 0 Å². The molecule has 0 fully saturated rings. The summed E-state index contributed by atoms with van der Waals surface area (Å²) in [7, 11) is 0. The highest BCUT2D eigenvalue weighted by atomic mass is 127. The Hall–Kier alpha value is 0.340. The van der Waals surface area contributed by atoms with E-state index in [-0.39, 0.29) is 20.1 Å². The maximum absolute atomic E-state index is 5.13. The first kappa shape index (κ1) is 13.3. The monoisotopic (exact) mass is 410 g/mol. The summed E-state index contributed by atoms with van der Waals surface area (Å²) < 4.78 is 15.3. The third-order valence-electron chi connectivity index (χ3n) is 0.815. The van der Waals surface area contributed by atoms with Crippen molar-refractivity contribution in [2.75, 3.05) is 0 Å². The fraction of sp³-hybridized carbons (Fsp3) is 0.500. The van der Waals surface area contributed by atoms with Gasteiger partial charge < -0.3 is 14.2 Å². The number of hydrogen-bond donors (Lipinski definition) is 0. The van der Waals surface area contributed by atoms with Crippen molar-refractivity contribution in [3.05, 3.63) is 25.0 Å². The zero-order valence-electron chi connectivity index (χ0n) is 7.55. The van der Waals surface area contributed by atoms with Gasteiger partial charge in [0.1, 0.15) is 8.22 Å². The molecule has 0 N–H and O–H groups in total. The molecule has 0 aliphatic rings. The summed E-state index contributed by atoms with van der Waals surface area (Å²) in [6.45, 7) is 10.8. The predicted octanol–water partition coefficient (Wildman–Crippen LogP) is 3.54. The quantitative estimate of drug-likeness (QED) is 0.381. The van der Waals surface area contributed by atoms with Crippen molar-refractivity contribution in [1.29, 1.82) is 0 Å². The standard InChI is InChI=1S/C8H12I2O3/c1-5(9)11-7(3)13-8(4)12-6(2)10/h5-6H,3-4H2,1-2H3. The lowest BCUT2D eigenvalue weighted by Crippen LogP contribution is -2.05. The minimum Gasteiger partial charge on any atom is -0.452 e. The molecule has 0 saturated carbocycles. The lowest BCUT2D eigenvalue weighted by atomic mass is 10.8. The van der Waals surface area contributed by atoms with Crippen molar-refractivity contribution in [2.45, 2.75) is 22.1 Å². The van der Waals surface area contributed by atoms with Gasteiger partial charge in [-0.2, -0.15) is 0 Å². The van der Waals surface area contributed by atoms with Crippen LogP contribution in [0.2, 0.25) is 0 Å². The van der Waals surface area contributed by atoms with Gasteiger partial charge in [0.25, 0.3) is 11.9 Å². The van der Waals surface area contributed by atoms with Crippen molar-refractivity contribution < 1.29 is 14.2 Å². The van der Waals surface area contributed by atoms with Gasteiger partial charge in [0.05, 0.1) is 0 Å². The van der Waals surface area contributed by atoms with Gasteiger partial charge in [0.2, 0.25) is 0 Å². The van der Waals surface area contributed by atoms with E-state index in [1.54, 1.807) is 0 Å². The lowest BCUT2D eigenvalue weighted by Gasteiger charge is -2.14. The third kappa shape index (κ3) is 8.66. The van der Waals surface area contributed by atoms with E-state index in [2.05, 4.69) is 58.3 Å². The van der Waals surface area contributed by atoms with Crippen LogP contribution in [-0.2, 0) is 14.2 Å². The van der Waals surface area contributed by atoms with Crippen LogP contribution in [0.5, 0.6) is 0 Å². The van der Waals surface area contributed by atoms with Crippen LogP contribution in [0.15, 0.2) is 25.0 Å². The van der Waals surface area contributed by atoms with Crippen molar-refractivity contribution in [3.63, 3.8) is 0 Å². The van der Waals surface area contributed by atoms with E-state index < -0.39 is 0 Å². The second kappa shape index (κ2) is 6.74. The molecular weight excluding hydrogens is 398 g/mol. The Labute approximate surface area is 106 Å². The summed E-state index contributed by atoms with van der Waals surface area (Å²) in [6.07, 6.45) is 0. The van der Waals surface area contributed by atoms with Gasteiger partial charge in [0, 0.05) is 0 Å². The molecular formula is C8H12I2O3. The van der Waals surface area contributed by atoms with Crippen LogP contribution in [0, 0.1) is 0 Å². The molecule has 13 heavy (non-hydrogen) atoms. The van der Waals surface area contributed by atoms with Gasteiger partial charge in [-0.1, -0.05) is 0 Å². The van der Waals surface area contributed by atoms with Crippen LogP contribution in [0.3, 0.4) is 0 Å². The molecule has 0 rings (SSSR count). The highest BCUT2D eigenvalue weighted by Crippen LogP contribution is 2.14. The molecule has 0 aromatic heterocycles. The summed E-state index contributed by atoms with van der Waals surface area (Å²) in [5.74, 6) is 0.396. The molecule has 3 nitrogen and oxygen atoms in total. The topological polar surface area (TPSA) is 27.7 Å². The summed E-state index contributed by atoms with van der Waals surface area (Å²) in [6, 6.07) is 0. The SMILES string of the molecule is C=C(OC(=C)OC(C)I)OC(C)I. The maximum Gasteiger partial charge on any atom is 0.280 e. The molecule has 76 valence electrons. The number of ether oxygens (including phenoxy) is 3. The largest absolute Gasteiger partial charge is 0.452 e. The molecule has 0 amide bonds. The molecule has 0 aliphatic carbocycles. The summed E-state index contributed by atoms with van der Waals surface area (Å²) in [5.41, 5.74) is 0. The van der Waals surface area contributed by atoms with E-state index in [9.17, 15) is 0 Å². The summed E-state index contributed by atoms with van der Waals surface area (Å²) in [4.78, 5) is 0. The van der Waals surface area contributed by atoms with E-state index in [0.717, 1.165) is 0 Å². The van der Waals surface area contributed by atoms with Crippen molar-refractivity contribution in [1.82, 2.24) is 0 Å². The van der Waals surface area contributed by atoms with Gasteiger partial charge in [-0.05, 0) is 72.2 Å². The fourth-order valence-electron chi connectivity index (χ4n) is 0.537. The second-order valence-electron chi connectivity index (χ2n) is 2.17. The third-order valence-corrected chi connectivity index (χ3v) is 1.32. The molecule has 0 aromatic carbocycles. The van der Waals surface area contributed by atoms with Crippen LogP contribution in [0.25, 0.3) is 0 Å². The lowest BCUT2D eigenvalue weighted by molar-refractivity contribution is -0.00378. The first-order chi connectivity index (χ1) is 5.91. The molecule has 0 aliphatic heterocycles. The van der Waals surface area contributed by atoms with Crippen molar-refractivity contribution in [3.8, 4) is 0 Å². The highest BCUT2D eigenvalue weighted by Gasteiger charge is 2.05. The van der Waals surface area contributed by atoms with E-state index in [1.807, 2.05) is 13.8 Å². The molecule has 5 heteroatoms. The second-order valence-corrected chi connectivity index (χ2v) is 5.68. The number of alkyl halides is 2. The summed E-state index contributed by atoms with van der Waals surface area (Å²) >= 11 is 4.19. The molecule has 0 spiro atoms. The van der Waals surface area contributed by atoms with Crippen molar-refractivity contribution in [2.24, 2.45) is 0 Å². The Morgan fingerprint density at radius 2 is 1.31 bits per heavy atom. The molecule has 0 bridgehead atoms. The molecule has 2 atom stereocenters. The maximum atomic E-state index is 5.13. The fourth-order valence-corrected chi connectivity index (χ4v) is 1.10. The van der Waals surface area contributed by atoms with Crippen LogP contribution in [0.1, 0.15) is 13.8 Å². The van der Waals surface area contributed by atoms with Gasteiger partial charge in [-0.25, -0.2) is 0 Å². The normalized spacial score (nSPS) is 14.2. The van der Waals surface area contributed by atoms with E-state index in [1.165, 1.54) is 0 Å². The number of halogens is 2. The van der Waals surface area contributed by atoms with Crippen LogP contribution in [0.4, 0.5) is 0 Å². The van der Waals surface area contributed by atoms with Gasteiger partial charge in [-0.15, -0.1) is 0 Å². The average molecular weight is 410 g/mol. The van der Waals surface area contributed by atoms with Crippen molar-refractivity contribution >= 4 is 45.2 Å². The Morgan fingerprint density at radius 3 is 1.54 bits per heavy atom. The zero-order chi connectivity index (χ0) is 10.4. The first-order valence-corrected chi connectivity index (χ1v) is 6.08. The molecule has 2 unspecified atom stereocenters. The number of rotatable bonds is 6. The molecule has 0 saturated heterocycles. The molecule has 0 heterocycles. The average Bonchev–Trinajstić information content (AvgIpc) is 1.80. The highest BCUT2D eigenvalue weighted by molar-refractivity contribution is 14.1. The Balaban J connectivity index is 3.72. The van der Waals surface area contributed by atoms with E-state index in [4.69, 9.17) is 14.2 Å². The Bertz CT molecular complexity index is 170. The molecule has 0 radical (unpaired) electrons. The molecule has 0 aromatic rings. The predicted molar refractivity (Wildman–Crippen MR) is 68.5 cm³/mol. The first-order valence-electron chi connectivity index (χ1n) is 3.59. The minimum absolute atomic E-state index is 0.00919. The van der Waals surface area contributed by atoms with E-state index >= 15 is 0 Å². The summed E-state index contributed by atoms with van der Waals surface area (Å²) in [5, 5.41) is 0. The van der Waals surface area contributed by atoms with Crippen LogP contribution in [-0.4, -0.2) is 8.22 Å². The number of hydrogen-bond acceptors (Lipinski definition) is 3. The van der Waals surface area contributed by atoms with E-state index in [0.29, 0.717) is 0 Å². The van der Waals surface area contributed by atoms with Crippen LogP contribution >= 0.6 is 45.2 Å². The smallest absolute Gasteiger partial charge is 0.280 e. The van der Waals surface area contributed by atoms with Crippen LogP contribution < -0.4 is 0 Å². The zero-order valence-corrected chi connectivity index (χ0v) is 11.9. The van der Waals surface area contributed by atoms with Gasteiger partial charge in [0.15, 0.2) is 0 Å².